The van der Waals surface area contributed by atoms with Crippen LogP contribution >= 0.6 is 0 Å². The highest BCUT2D eigenvalue weighted by Crippen LogP contribution is 2.42. The standard InChI is InChI=1S/C18H35N/c1-15(17(3)11-7-5-8-12-17)19-16(2)18(4)13-9-6-10-14-18/h15-16,19H,5-14H2,1-4H3. The van der Waals surface area contributed by atoms with Crippen LogP contribution in [0.1, 0.15) is 91.9 Å². The Hall–Kier alpha value is -0.0400. The molecule has 0 aromatic rings. The third-order valence-corrected chi connectivity index (χ3v) is 6.58. The lowest BCUT2D eigenvalue weighted by Crippen LogP contribution is -2.52. The molecule has 0 aliphatic heterocycles. The molecule has 0 bridgehead atoms. The van der Waals surface area contributed by atoms with Crippen molar-refractivity contribution in [1.82, 2.24) is 5.32 Å². The number of hydrogen-bond donors (Lipinski definition) is 1. The highest BCUT2D eigenvalue weighted by Gasteiger charge is 2.37. The molecule has 2 rings (SSSR count). The molecule has 0 radical (unpaired) electrons. The number of rotatable bonds is 4. The van der Waals surface area contributed by atoms with E-state index in [4.69, 9.17) is 0 Å². The Morgan fingerprint density at radius 2 is 0.947 bits per heavy atom. The summed E-state index contributed by atoms with van der Waals surface area (Å²) in [5.41, 5.74) is 1.08. The van der Waals surface area contributed by atoms with E-state index in [1.165, 1.54) is 64.2 Å². The van der Waals surface area contributed by atoms with Crippen LogP contribution in [0.5, 0.6) is 0 Å². The van der Waals surface area contributed by atoms with Gasteiger partial charge in [-0.1, -0.05) is 52.4 Å². The van der Waals surface area contributed by atoms with Crippen LogP contribution in [0.2, 0.25) is 0 Å². The quantitative estimate of drug-likeness (QED) is 0.728. The molecule has 0 spiro atoms. The van der Waals surface area contributed by atoms with Crippen molar-refractivity contribution >= 4 is 0 Å². The number of hydrogen-bond acceptors (Lipinski definition) is 1. The normalized spacial score (nSPS) is 29.7. The predicted octanol–water partition coefficient (Wildman–Crippen LogP) is 5.29. The summed E-state index contributed by atoms with van der Waals surface area (Å²) < 4.78 is 0. The lowest BCUT2D eigenvalue weighted by Gasteiger charge is -2.45. The third-order valence-electron chi connectivity index (χ3n) is 6.58. The van der Waals surface area contributed by atoms with Crippen LogP contribution in [0.4, 0.5) is 0 Å². The minimum Gasteiger partial charge on any atom is -0.311 e. The molecule has 0 amide bonds. The second-order valence-electron chi connectivity index (χ2n) is 8.04. The van der Waals surface area contributed by atoms with Gasteiger partial charge in [0.2, 0.25) is 0 Å². The van der Waals surface area contributed by atoms with Crippen LogP contribution in [0, 0.1) is 10.8 Å². The predicted molar refractivity (Wildman–Crippen MR) is 84.4 cm³/mol. The first-order valence-corrected chi connectivity index (χ1v) is 8.72. The first kappa shape index (κ1) is 15.4. The summed E-state index contributed by atoms with van der Waals surface area (Å²) in [5.74, 6) is 0. The Morgan fingerprint density at radius 3 is 1.26 bits per heavy atom. The van der Waals surface area contributed by atoms with Gasteiger partial charge in [-0.2, -0.15) is 0 Å². The monoisotopic (exact) mass is 265 g/mol. The van der Waals surface area contributed by atoms with Crippen LogP contribution in [-0.4, -0.2) is 12.1 Å². The van der Waals surface area contributed by atoms with Gasteiger partial charge in [-0.05, 0) is 50.4 Å². The molecular weight excluding hydrogens is 230 g/mol. The molecule has 2 aliphatic carbocycles. The van der Waals surface area contributed by atoms with Gasteiger partial charge in [-0.3, -0.25) is 0 Å². The van der Waals surface area contributed by atoms with E-state index in [1.807, 2.05) is 0 Å². The topological polar surface area (TPSA) is 12.0 Å². The molecule has 19 heavy (non-hydrogen) atoms. The summed E-state index contributed by atoms with van der Waals surface area (Å²) in [6, 6.07) is 1.34. The maximum atomic E-state index is 4.00. The van der Waals surface area contributed by atoms with Gasteiger partial charge >= 0.3 is 0 Å². The second kappa shape index (κ2) is 6.16. The van der Waals surface area contributed by atoms with Crippen LogP contribution in [0.3, 0.4) is 0 Å². The van der Waals surface area contributed by atoms with E-state index in [-0.39, 0.29) is 0 Å². The highest BCUT2D eigenvalue weighted by atomic mass is 15.0. The van der Waals surface area contributed by atoms with Crippen LogP contribution < -0.4 is 5.32 Å². The smallest absolute Gasteiger partial charge is 0.00952 e. The lowest BCUT2D eigenvalue weighted by molar-refractivity contribution is 0.0966. The second-order valence-corrected chi connectivity index (χ2v) is 8.04. The van der Waals surface area contributed by atoms with Gasteiger partial charge in [0, 0.05) is 12.1 Å². The summed E-state index contributed by atoms with van der Waals surface area (Å²) in [6.07, 6.45) is 14.3. The SMILES string of the molecule is CC(NC(C)C1(C)CCCCC1)C1(C)CCCCC1. The average Bonchev–Trinajstić information content (AvgIpc) is 2.40. The zero-order chi connectivity index (χ0) is 13.9. The molecule has 2 fully saturated rings. The van der Waals surface area contributed by atoms with Crippen molar-refractivity contribution < 1.29 is 0 Å². The number of nitrogens with one attached hydrogen (secondary N) is 1. The van der Waals surface area contributed by atoms with Crippen molar-refractivity contribution in [2.45, 2.75) is 104 Å². The lowest BCUT2D eigenvalue weighted by atomic mass is 9.68. The van der Waals surface area contributed by atoms with Crippen LogP contribution in [0.25, 0.3) is 0 Å². The van der Waals surface area contributed by atoms with E-state index in [9.17, 15) is 0 Å². The Balaban J connectivity index is 1.91. The van der Waals surface area contributed by atoms with Crippen molar-refractivity contribution in [3.8, 4) is 0 Å². The van der Waals surface area contributed by atoms with Crippen molar-refractivity contribution in [3.63, 3.8) is 0 Å². The molecule has 0 aromatic heterocycles. The minimum atomic E-state index is 0.539. The molecular formula is C18H35N. The van der Waals surface area contributed by atoms with Gasteiger partial charge in [0.05, 0.1) is 0 Å². The van der Waals surface area contributed by atoms with Crippen molar-refractivity contribution in [3.05, 3.63) is 0 Å². The van der Waals surface area contributed by atoms with Crippen molar-refractivity contribution in [2.75, 3.05) is 0 Å². The maximum Gasteiger partial charge on any atom is 0.00952 e. The Morgan fingerprint density at radius 1 is 0.632 bits per heavy atom. The summed E-state index contributed by atoms with van der Waals surface area (Å²) in [5, 5.41) is 4.00. The summed E-state index contributed by atoms with van der Waals surface area (Å²) >= 11 is 0. The fourth-order valence-electron chi connectivity index (χ4n) is 4.36. The van der Waals surface area contributed by atoms with E-state index < -0.39 is 0 Å². The minimum absolute atomic E-state index is 0.539. The van der Waals surface area contributed by atoms with Gasteiger partial charge < -0.3 is 5.32 Å². The molecule has 1 nitrogen and oxygen atoms in total. The van der Waals surface area contributed by atoms with Crippen molar-refractivity contribution in [2.24, 2.45) is 10.8 Å². The van der Waals surface area contributed by atoms with E-state index >= 15 is 0 Å². The fraction of sp³-hybridized carbons (Fsp3) is 1.00. The van der Waals surface area contributed by atoms with Gasteiger partial charge in [0.15, 0.2) is 0 Å². The molecule has 1 N–H and O–H groups in total. The van der Waals surface area contributed by atoms with E-state index in [0.717, 1.165) is 0 Å². The fourth-order valence-corrected chi connectivity index (χ4v) is 4.36. The van der Waals surface area contributed by atoms with E-state index in [0.29, 0.717) is 22.9 Å². The molecule has 2 atom stereocenters. The zero-order valence-electron chi connectivity index (χ0n) is 13.7. The summed E-state index contributed by atoms with van der Waals surface area (Å²) in [7, 11) is 0. The maximum absolute atomic E-state index is 4.00. The third kappa shape index (κ3) is 3.54. The van der Waals surface area contributed by atoms with E-state index in [2.05, 4.69) is 33.0 Å². The highest BCUT2D eigenvalue weighted by molar-refractivity contribution is 4.93. The van der Waals surface area contributed by atoms with Crippen LogP contribution in [-0.2, 0) is 0 Å². The van der Waals surface area contributed by atoms with Gasteiger partial charge in [-0.25, -0.2) is 0 Å². The zero-order valence-corrected chi connectivity index (χ0v) is 13.7. The molecule has 1 heteroatoms. The molecule has 0 saturated heterocycles. The first-order chi connectivity index (χ1) is 8.96. The van der Waals surface area contributed by atoms with E-state index in [1.54, 1.807) is 0 Å². The Labute approximate surface area is 120 Å². The largest absolute Gasteiger partial charge is 0.311 e. The summed E-state index contributed by atoms with van der Waals surface area (Å²) in [6.45, 7) is 9.90. The molecule has 0 aromatic carbocycles. The molecule has 0 heterocycles. The molecule has 112 valence electrons. The van der Waals surface area contributed by atoms with Gasteiger partial charge in [-0.15, -0.1) is 0 Å². The molecule has 2 aliphatic rings. The van der Waals surface area contributed by atoms with Crippen LogP contribution in [0.15, 0.2) is 0 Å². The molecule has 2 saturated carbocycles. The van der Waals surface area contributed by atoms with Gasteiger partial charge in [0.25, 0.3) is 0 Å². The average molecular weight is 265 g/mol. The summed E-state index contributed by atoms with van der Waals surface area (Å²) in [4.78, 5) is 0. The first-order valence-electron chi connectivity index (χ1n) is 8.72. The van der Waals surface area contributed by atoms with Gasteiger partial charge in [0.1, 0.15) is 0 Å². The van der Waals surface area contributed by atoms with Crippen molar-refractivity contribution in [1.29, 1.82) is 0 Å². The molecule has 2 unspecified atom stereocenters. The Bertz CT molecular complexity index is 243. The Kier molecular flexibility index (Phi) is 4.98.